The Balaban J connectivity index is 1.64. The van der Waals surface area contributed by atoms with Crippen LogP contribution < -0.4 is 10.1 Å². The maximum absolute atomic E-state index is 13.6. The van der Waals surface area contributed by atoms with Crippen molar-refractivity contribution < 1.29 is 65.3 Å². The van der Waals surface area contributed by atoms with Gasteiger partial charge in [-0.3, -0.25) is 19.3 Å². The third-order valence-corrected chi connectivity index (χ3v) is 8.15. The summed E-state index contributed by atoms with van der Waals surface area (Å²) in [5, 5.41) is 20.6. The quantitative estimate of drug-likeness (QED) is 0.168. The first-order chi connectivity index (χ1) is 22.6. The Labute approximate surface area is 278 Å². The van der Waals surface area contributed by atoms with E-state index in [9.17, 15) is 40.7 Å². The van der Waals surface area contributed by atoms with E-state index in [2.05, 4.69) is 4.90 Å². The number of aliphatic hydroxyl groups is 1. The van der Waals surface area contributed by atoms with Crippen LogP contribution in [0.15, 0.2) is 41.3 Å². The number of nitrogens with zero attached hydrogens (tertiary/aromatic N) is 2. The van der Waals surface area contributed by atoms with E-state index in [1.165, 1.54) is 24.3 Å². The molecule has 2 aliphatic heterocycles. The van der Waals surface area contributed by atoms with Crippen LogP contribution in [0, 0.1) is 0 Å². The van der Waals surface area contributed by atoms with Gasteiger partial charge < -0.3 is 25.0 Å². The molecule has 0 spiro atoms. The number of amides is 2. The molecule has 11 nitrogen and oxygen atoms in total. The molecule has 0 aromatic heterocycles. The number of hydrogen-bond acceptors (Lipinski definition) is 10. The molecule has 0 bridgehead atoms. The van der Waals surface area contributed by atoms with Gasteiger partial charge in [0.05, 0.1) is 35.9 Å². The molecule has 0 radical (unpaired) electrons. The van der Waals surface area contributed by atoms with Crippen LogP contribution in [0.25, 0.3) is 17.2 Å². The first kappa shape index (κ1) is 37.1. The Hall–Kier alpha value is -3.75. The van der Waals surface area contributed by atoms with Crippen molar-refractivity contribution in [2.24, 2.45) is 0 Å². The van der Waals surface area contributed by atoms with Crippen molar-refractivity contribution in [3.63, 3.8) is 0 Å². The number of carboxylic acids is 1. The van der Waals surface area contributed by atoms with E-state index < -0.39 is 66.1 Å². The molecule has 260 valence electrons. The lowest BCUT2D eigenvalue weighted by Crippen LogP contribution is -2.45. The molecule has 2 aromatic carbocycles. The van der Waals surface area contributed by atoms with Gasteiger partial charge >= 0.3 is 18.3 Å². The fourth-order valence-electron chi connectivity index (χ4n) is 4.45. The third kappa shape index (κ3) is 9.66. The second kappa shape index (κ2) is 15.6. The van der Waals surface area contributed by atoms with Gasteiger partial charge in [0.1, 0.15) is 18.4 Å². The number of thiocarbonyl (C=S) groups is 1. The average Bonchev–Trinajstić information content (AvgIpc) is 3.29. The second-order valence-electron chi connectivity index (χ2n) is 10.2. The van der Waals surface area contributed by atoms with Crippen LogP contribution in [-0.2, 0) is 36.3 Å². The summed E-state index contributed by atoms with van der Waals surface area (Å²) < 4.78 is 92.5. The Morgan fingerprint density at radius 1 is 1.04 bits per heavy atom. The Morgan fingerprint density at radius 2 is 1.69 bits per heavy atom. The maximum Gasteiger partial charge on any atom is 0.416 e. The summed E-state index contributed by atoms with van der Waals surface area (Å²) in [4.78, 5) is 43.4. The Bertz CT molecular complexity index is 1550. The van der Waals surface area contributed by atoms with Crippen LogP contribution in [0.4, 0.5) is 26.3 Å². The molecule has 2 fully saturated rings. The zero-order valence-electron chi connectivity index (χ0n) is 24.6. The van der Waals surface area contributed by atoms with E-state index in [0.29, 0.717) is 50.0 Å². The largest absolute Gasteiger partial charge is 0.492 e. The number of morpholine rings is 1. The van der Waals surface area contributed by atoms with E-state index in [4.69, 9.17) is 36.7 Å². The molecule has 19 heteroatoms. The molecule has 1 atom stereocenters. The zero-order valence-corrected chi connectivity index (χ0v) is 26.2. The molecule has 3 N–H and O–H groups in total. The molecular formula is C29H27F6N3O8S2. The van der Waals surface area contributed by atoms with Gasteiger partial charge in [-0.15, -0.1) is 0 Å². The first-order valence-corrected chi connectivity index (χ1v) is 15.2. The van der Waals surface area contributed by atoms with Crippen LogP contribution in [-0.4, -0.2) is 101 Å². The summed E-state index contributed by atoms with van der Waals surface area (Å²) in [6, 6.07) is 3.47. The zero-order chi connectivity index (χ0) is 35.2. The molecule has 4 rings (SSSR count). The van der Waals surface area contributed by atoms with Gasteiger partial charge in [-0.05, 0) is 59.8 Å². The number of aliphatic carboxylic acids is 1. The van der Waals surface area contributed by atoms with Crippen LogP contribution in [0.3, 0.4) is 0 Å². The van der Waals surface area contributed by atoms with Gasteiger partial charge in [0.2, 0.25) is 5.91 Å². The molecule has 0 saturated carbocycles. The number of hydroxylamine groups is 2. The normalized spacial score (nSPS) is 17.6. The van der Waals surface area contributed by atoms with Gasteiger partial charge in [0.25, 0.3) is 5.91 Å². The van der Waals surface area contributed by atoms with E-state index in [1.54, 1.807) is 0 Å². The first-order valence-electron chi connectivity index (χ1n) is 14.0. The molecular weight excluding hydrogens is 696 g/mol. The lowest BCUT2D eigenvalue weighted by atomic mass is 9.97. The van der Waals surface area contributed by atoms with Crippen molar-refractivity contribution in [2.45, 2.75) is 18.4 Å². The Morgan fingerprint density at radius 3 is 2.27 bits per heavy atom. The number of alkyl halides is 6. The highest BCUT2D eigenvalue weighted by molar-refractivity contribution is 8.26. The minimum absolute atomic E-state index is 0.0186. The number of ether oxygens (including phenoxy) is 2. The average molecular weight is 724 g/mol. The molecule has 48 heavy (non-hydrogen) atoms. The number of rotatable bonds is 12. The van der Waals surface area contributed by atoms with E-state index >= 15 is 0 Å². The van der Waals surface area contributed by atoms with Crippen molar-refractivity contribution in [3.8, 4) is 16.9 Å². The summed E-state index contributed by atoms with van der Waals surface area (Å²) in [6.07, 6.45) is -8.88. The second-order valence-corrected chi connectivity index (χ2v) is 11.9. The minimum Gasteiger partial charge on any atom is -0.492 e. The lowest BCUT2D eigenvalue weighted by Gasteiger charge is -2.26. The molecule has 2 aromatic rings. The fourth-order valence-corrected chi connectivity index (χ4v) is 5.62. The monoisotopic (exact) mass is 723 g/mol. The van der Waals surface area contributed by atoms with Crippen molar-refractivity contribution in [3.05, 3.63) is 58.0 Å². The number of halogens is 6. The van der Waals surface area contributed by atoms with Crippen LogP contribution in [0.2, 0.25) is 0 Å². The topological polar surface area (TPSA) is 138 Å². The SMILES string of the molecule is O=C(CON1C(=O)/C(=C/c2cc(-c3cc(C(F)(F)F)cc(C(F)(F)F)c3)ccc2OCCN2CCOCC2)SC1=S)N[C@@H](CO)C(=O)O. The highest BCUT2D eigenvalue weighted by Crippen LogP contribution is 2.40. The van der Waals surface area contributed by atoms with Crippen molar-refractivity contribution in [1.82, 2.24) is 15.3 Å². The summed E-state index contributed by atoms with van der Waals surface area (Å²) in [5.74, 6) is -3.20. The van der Waals surface area contributed by atoms with Gasteiger partial charge in [-0.2, -0.15) is 31.4 Å². The van der Waals surface area contributed by atoms with Gasteiger partial charge in [0, 0.05) is 25.2 Å². The van der Waals surface area contributed by atoms with Gasteiger partial charge in [-0.1, -0.05) is 17.8 Å². The Kier molecular flexibility index (Phi) is 12.1. The lowest BCUT2D eigenvalue weighted by molar-refractivity contribution is -0.162. The highest BCUT2D eigenvalue weighted by atomic mass is 32.2. The summed E-state index contributed by atoms with van der Waals surface area (Å²) in [6.45, 7) is 1.24. The van der Waals surface area contributed by atoms with E-state index in [0.717, 1.165) is 11.8 Å². The predicted octanol–water partition coefficient (Wildman–Crippen LogP) is 3.80. The summed E-state index contributed by atoms with van der Waals surface area (Å²) in [5.41, 5.74) is -3.33. The summed E-state index contributed by atoms with van der Waals surface area (Å²) in [7, 11) is 0. The fraction of sp³-hybridized carbons (Fsp3) is 0.379. The van der Waals surface area contributed by atoms with Gasteiger partial charge in [-0.25, -0.2) is 4.79 Å². The predicted molar refractivity (Wildman–Crippen MR) is 162 cm³/mol. The van der Waals surface area contributed by atoms with Crippen LogP contribution in [0.1, 0.15) is 16.7 Å². The number of benzene rings is 2. The molecule has 0 unspecified atom stereocenters. The van der Waals surface area contributed by atoms with Crippen molar-refractivity contribution in [1.29, 1.82) is 0 Å². The van der Waals surface area contributed by atoms with Crippen LogP contribution >= 0.6 is 24.0 Å². The van der Waals surface area contributed by atoms with Crippen molar-refractivity contribution in [2.75, 3.05) is 52.7 Å². The molecule has 0 aliphatic carbocycles. The van der Waals surface area contributed by atoms with Gasteiger partial charge in [0.15, 0.2) is 10.9 Å². The number of nitrogens with one attached hydrogen (secondary N) is 1. The number of carboxylic acid groups (broad SMARTS) is 1. The smallest absolute Gasteiger partial charge is 0.416 e. The minimum atomic E-state index is -5.07. The standard InChI is InChI=1S/C29H27F6N3O8S2/c30-28(31,32)19-10-17(11-20(13-19)29(33,34)35)16-1-2-22(45-8-5-37-3-6-44-7-4-37)18(9-16)12-23-25(41)38(27(47)48-23)46-15-24(40)36-21(14-39)26(42)43/h1-2,9-13,21,39H,3-8,14-15H2,(H,36,40)(H,42,43)/b23-12-/t21-/m0/s1. The third-order valence-electron chi connectivity index (χ3n) is 6.89. The number of aliphatic hydroxyl groups excluding tert-OH is 1. The van der Waals surface area contributed by atoms with E-state index in [-0.39, 0.29) is 38.8 Å². The number of carbonyl (C=O) groups excluding carboxylic acids is 2. The summed E-state index contributed by atoms with van der Waals surface area (Å²) >= 11 is 5.89. The molecule has 2 heterocycles. The number of hydrogen-bond donors (Lipinski definition) is 3. The molecule has 2 amide bonds. The number of thioether (sulfide) groups is 1. The maximum atomic E-state index is 13.6. The van der Waals surface area contributed by atoms with E-state index in [1.807, 2.05) is 5.32 Å². The molecule has 2 aliphatic rings. The van der Waals surface area contributed by atoms with Crippen molar-refractivity contribution >= 4 is 52.2 Å². The number of carbonyl (C=O) groups is 3. The van der Waals surface area contributed by atoms with Crippen LogP contribution in [0.5, 0.6) is 5.75 Å². The molecule has 2 saturated heterocycles. The highest BCUT2D eigenvalue weighted by Gasteiger charge is 2.37.